The number of aliphatic hydroxyl groups excluding tert-OH is 1. The molecule has 0 saturated heterocycles. The second-order valence-electron chi connectivity index (χ2n) is 4.98. The highest BCUT2D eigenvalue weighted by atomic mass is 31.0. The number of hydrogen-bond acceptors (Lipinski definition) is 5. The molecule has 0 aromatic carbocycles. The standard InChI is InChI=1S/C13H24N3O3P/c1-4-13(5-2,8-14-20)9(3)15-12(18)11-6-10(7-17)19-16-11/h6,9,14,17H,4-5,7-8,20H2,1-3H3,(H,15,18). The van der Waals surface area contributed by atoms with Gasteiger partial charge in [-0.3, -0.25) is 4.79 Å². The van der Waals surface area contributed by atoms with E-state index < -0.39 is 0 Å². The number of carbonyl (C=O) groups is 1. The van der Waals surface area contributed by atoms with E-state index in [9.17, 15) is 4.79 Å². The molecule has 1 rings (SSSR count). The molecule has 3 N–H and O–H groups in total. The van der Waals surface area contributed by atoms with Gasteiger partial charge in [-0.15, -0.1) is 0 Å². The Bertz CT molecular complexity index is 432. The minimum absolute atomic E-state index is 0.00711. The Hall–Kier alpha value is -0.970. The molecular formula is C13H24N3O3P. The van der Waals surface area contributed by atoms with Crippen molar-refractivity contribution in [3.05, 3.63) is 17.5 Å². The highest BCUT2D eigenvalue weighted by Crippen LogP contribution is 2.30. The molecule has 114 valence electrons. The summed E-state index contributed by atoms with van der Waals surface area (Å²) in [5.41, 5.74) is 0.182. The van der Waals surface area contributed by atoms with Crippen molar-refractivity contribution in [2.24, 2.45) is 5.41 Å². The molecule has 1 heterocycles. The number of aliphatic hydroxyl groups is 1. The summed E-state index contributed by atoms with van der Waals surface area (Å²) in [7, 11) is 2.51. The van der Waals surface area contributed by atoms with Crippen molar-refractivity contribution in [2.45, 2.75) is 46.3 Å². The molecule has 0 aliphatic heterocycles. The summed E-state index contributed by atoms with van der Waals surface area (Å²) in [6, 6.07) is 1.45. The normalized spacial score (nSPS) is 13.2. The average Bonchev–Trinajstić information content (AvgIpc) is 2.93. The first-order valence-electron chi connectivity index (χ1n) is 6.83. The van der Waals surface area contributed by atoms with Crippen molar-refractivity contribution in [3.63, 3.8) is 0 Å². The maximum atomic E-state index is 12.1. The number of nitrogens with one attached hydrogen (secondary N) is 2. The van der Waals surface area contributed by atoms with E-state index in [-0.39, 0.29) is 35.4 Å². The number of amides is 1. The molecule has 1 amide bonds. The fraction of sp³-hybridized carbons (Fsp3) is 0.692. The summed E-state index contributed by atoms with van der Waals surface area (Å²) in [5.74, 6) is 0.00246. The molecule has 0 spiro atoms. The molecule has 0 radical (unpaired) electrons. The Balaban J connectivity index is 2.76. The quantitative estimate of drug-likeness (QED) is 0.633. The number of nitrogens with zero attached hydrogens (tertiary/aromatic N) is 1. The summed E-state index contributed by atoms with van der Waals surface area (Å²) < 4.78 is 4.83. The maximum absolute atomic E-state index is 12.1. The van der Waals surface area contributed by atoms with E-state index in [2.05, 4.69) is 38.8 Å². The first-order chi connectivity index (χ1) is 9.52. The molecule has 0 saturated carbocycles. The molecule has 0 aliphatic rings. The zero-order valence-corrected chi connectivity index (χ0v) is 13.4. The van der Waals surface area contributed by atoms with Crippen LogP contribution in [0.4, 0.5) is 0 Å². The predicted molar refractivity (Wildman–Crippen MR) is 80.1 cm³/mol. The molecule has 0 bridgehead atoms. The molecule has 6 nitrogen and oxygen atoms in total. The number of carbonyl (C=O) groups excluding carboxylic acids is 1. The zero-order chi connectivity index (χ0) is 15.2. The molecule has 0 fully saturated rings. The van der Waals surface area contributed by atoms with Gasteiger partial charge in [-0.25, -0.2) is 0 Å². The Morgan fingerprint density at radius 3 is 2.65 bits per heavy atom. The van der Waals surface area contributed by atoms with Crippen molar-refractivity contribution in [1.82, 2.24) is 15.6 Å². The van der Waals surface area contributed by atoms with E-state index in [4.69, 9.17) is 9.63 Å². The van der Waals surface area contributed by atoms with Gasteiger partial charge in [0.2, 0.25) is 0 Å². The van der Waals surface area contributed by atoms with Crippen LogP contribution in [0, 0.1) is 5.41 Å². The molecule has 1 aromatic rings. The molecule has 0 aliphatic carbocycles. The van der Waals surface area contributed by atoms with Gasteiger partial charge in [0.05, 0.1) is 0 Å². The highest BCUT2D eigenvalue weighted by molar-refractivity contribution is 7.13. The van der Waals surface area contributed by atoms with Crippen LogP contribution in [0.5, 0.6) is 0 Å². The van der Waals surface area contributed by atoms with Crippen LogP contribution in [0.25, 0.3) is 0 Å². The predicted octanol–water partition coefficient (Wildman–Crippen LogP) is 1.47. The van der Waals surface area contributed by atoms with E-state index >= 15 is 0 Å². The molecule has 2 atom stereocenters. The van der Waals surface area contributed by atoms with E-state index in [0.717, 1.165) is 19.4 Å². The van der Waals surface area contributed by atoms with Gasteiger partial charge >= 0.3 is 0 Å². The summed E-state index contributed by atoms with van der Waals surface area (Å²) >= 11 is 0. The Morgan fingerprint density at radius 1 is 1.55 bits per heavy atom. The monoisotopic (exact) mass is 301 g/mol. The first kappa shape index (κ1) is 17.1. The summed E-state index contributed by atoms with van der Waals surface area (Å²) in [6.07, 6.45) is 1.90. The van der Waals surface area contributed by atoms with Gasteiger partial charge < -0.3 is 20.0 Å². The van der Waals surface area contributed by atoms with Crippen molar-refractivity contribution in [1.29, 1.82) is 0 Å². The maximum Gasteiger partial charge on any atom is 0.273 e. The van der Waals surface area contributed by atoms with E-state index in [1.807, 2.05) is 6.92 Å². The van der Waals surface area contributed by atoms with Crippen LogP contribution in [0.3, 0.4) is 0 Å². The zero-order valence-electron chi connectivity index (χ0n) is 12.3. The number of hydrogen-bond donors (Lipinski definition) is 3. The van der Waals surface area contributed by atoms with Crippen LogP contribution in [-0.2, 0) is 6.61 Å². The molecule has 2 unspecified atom stereocenters. The summed E-state index contributed by atoms with van der Waals surface area (Å²) in [6.45, 7) is 6.77. The lowest BCUT2D eigenvalue weighted by Gasteiger charge is -2.38. The van der Waals surface area contributed by atoms with Gasteiger partial charge in [0.1, 0.15) is 6.61 Å². The van der Waals surface area contributed by atoms with Crippen molar-refractivity contribution in [3.8, 4) is 0 Å². The average molecular weight is 301 g/mol. The summed E-state index contributed by atoms with van der Waals surface area (Å²) in [4.78, 5) is 12.1. The van der Waals surface area contributed by atoms with Gasteiger partial charge in [-0.1, -0.05) is 28.4 Å². The van der Waals surface area contributed by atoms with E-state index in [0.29, 0.717) is 0 Å². The van der Waals surface area contributed by atoms with Crippen LogP contribution in [0.15, 0.2) is 10.6 Å². The third kappa shape index (κ3) is 3.78. The lowest BCUT2D eigenvalue weighted by atomic mass is 9.76. The Morgan fingerprint density at radius 2 is 2.20 bits per heavy atom. The molecule has 7 heteroatoms. The SMILES string of the molecule is CCC(CC)(CNP)C(C)NC(=O)c1cc(CO)on1. The number of aromatic nitrogens is 1. The van der Waals surface area contributed by atoms with Crippen molar-refractivity contribution < 1.29 is 14.4 Å². The van der Waals surface area contributed by atoms with Crippen LogP contribution in [-0.4, -0.2) is 28.8 Å². The lowest BCUT2D eigenvalue weighted by Crippen LogP contribution is -2.49. The fourth-order valence-electron chi connectivity index (χ4n) is 2.39. The third-order valence-electron chi connectivity index (χ3n) is 4.08. The smallest absolute Gasteiger partial charge is 0.273 e. The molecule has 1 aromatic heterocycles. The van der Waals surface area contributed by atoms with Crippen molar-refractivity contribution >= 4 is 15.3 Å². The van der Waals surface area contributed by atoms with Crippen LogP contribution >= 0.6 is 9.39 Å². The lowest BCUT2D eigenvalue weighted by molar-refractivity contribution is 0.0869. The van der Waals surface area contributed by atoms with Crippen molar-refractivity contribution in [2.75, 3.05) is 6.54 Å². The van der Waals surface area contributed by atoms with Gasteiger partial charge in [0.15, 0.2) is 11.5 Å². The second kappa shape index (κ2) is 7.72. The van der Waals surface area contributed by atoms with Crippen LogP contribution in [0.1, 0.15) is 49.9 Å². The second-order valence-corrected chi connectivity index (χ2v) is 5.39. The Labute approximate surface area is 121 Å². The molecular weight excluding hydrogens is 277 g/mol. The van der Waals surface area contributed by atoms with Gasteiger partial charge in [-0.2, -0.15) is 0 Å². The van der Waals surface area contributed by atoms with E-state index in [1.54, 1.807) is 0 Å². The van der Waals surface area contributed by atoms with E-state index in [1.165, 1.54) is 6.07 Å². The van der Waals surface area contributed by atoms with Crippen LogP contribution < -0.4 is 10.4 Å². The topological polar surface area (TPSA) is 87.4 Å². The fourth-order valence-corrected chi connectivity index (χ4v) is 2.79. The van der Waals surface area contributed by atoms with Gasteiger partial charge in [-0.05, 0) is 19.8 Å². The Kier molecular flexibility index (Phi) is 6.59. The first-order valence-corrected chi connectivity index (χ1v) is 7.41. The minimum atomic E-state index is -0.281. The summed E-state index contributed by atoms with van der Waals surface area (Å²) in [5, 5.41) is 18.7. The van der Waals surface area contributed by atoms with Gasteiger partial charge in [0.25, 0.3) is 5.91 Å². The highest BCUT2D eigenvalue weighted by Gasteiger charge is 2.33. The largest absolute Gasteiger partial charge is 0.388 e. The van der Waals surface area contributed by atoms with Gasteiger partial charge in [0, 0.05) is 24.1 Å². The minimum Gasteiger partial charge on any atom is -0.388 e. The number of rotatable bonds is 8. The van der Waals surface area contributed by atoms with Crippen LogP contribution in [0.2, 0.25) is 0 Å². The molecule has 20 heavy (non-hydrogen) atoms. The third-order valence-corrected chi connectivity index (χ3v) is 4.28.